The predicted molar refractivity (Wildman–Crippen MR) is 89.5 cm³/mol. The summed E-state index contributed by atoms with van der Waals surface area (Å²) in [5, 5.41) is 9.22. The van der Waals surface area contributed by atoms with Crippen molar-refractivity contribution >= 4 is 17.6 Å². The minimum Gasteiger partial charge on any atom is -0.481 e. The van der Waals surface area contributed by atoms with E-state index in [1.807, 2.05) is 30.3 Å². The van der Waals surface area contributed by atoms with Gasteiger partial charge in [0.05, 0.1) is 17.7 Å². The number of aliphatic carboxylic acids is 1. The van der Waals surface area contributed by atoms with Crippen LogP contribution >= 0.6 is 11.6 Å². The molecule has 4 nitrogen and oxygen atoms in total. The largest absolute Gasteiger partial charge is 0.481 e. The Morgan fingerprint density at radius 1 is 1.12 bits per heavy atom. The van der Waals surface area contributed by atoms with Crippen LogP contribution in [0.4, 0.5) is 4.39 Å². The van der Waals surface area contributed by atoms with Crippen molar-refractivity contribution in [1.29, 1.82) is 0 Å². The number of carboxylic acids is 1. The molecule has 0 radical (unpaired) electrons. The molecule has 0 amide bonds. The van der Waals surface area contributed by atoms with Crippen LogP contribution in [0.15, 0.2) is 54.6 Å². The van der Waals surface area contributed by atoms with Gasteiger partial charge in [0.2, 0.25) is 0 Å². The van der Waals surface area contributed by atoms with E-state index < -0.39 is 11.8 Å². The van der Waals surface area contributed by atoms with Gasteiger partial charge < -0.3 is 9.67 Å². The van der Waals surface area contributed by atoms with Gasteiger partial charge in [0, 0.05) is 6.54 Å². The Kier molecular flexibility index (Phi) is 4.62. The second-order valence-corrected chi connectivity index (χ2v) is 5.65. The summed E-state index contributed by atoms with van der Waals surface area (Å²) in [6, 6.07) is 15.7. The first-order valence-corrected chi connectivity index (χ1v) is 7.69. The quantitative estimate of drug-likeness (QED) is 0.760. The Bertz CT molecular complexity index is 878. The standard InChI is InChI=1S/C18H14ClFN2O2/c19-17-15(10-16(23)24)22(11-12-6-2-1-3-7-12)18(21-17)13-8-4-5-9-14(13)20/h1-9H,10-11H2,(H,23,24). The molecule has 6 heteroatoms. The molecule has 3 aromatic rings. The fourth-order valence-electron chi connectivity index (χ4n) is 2.55. The molecule has 0 spiro atoms. The van der Waals surface area contributed by atoms with E-state index in [9.17, 15) is 9.18 Å². The molecular weight excluding hydrogens is 331 g/mol. The van der Waals surface area contributed by atoms with Gasteiger partial charge in [-0.05, 0) is 17.7 Å². The second kappa shape index (κ2) is 6.84. The van der Waals surface area contributed by atoms with E-state index in [0.29, 0.717) is 18.1 Å². The molecule has 1 aromatic heterocycles. The van der Waals surface area contributed by atoms with Crippen molar-refractivity contribution in [2.45, 2.75) is 13.0 Å². The van der Waals surface area contributed by atoms with Gasteiger partial charge in [0.25, 0.3) is 0 Å². The predicted octanol–water partition coefficient (Wildman–Crippen LogP) is 4.02. The van der Waals surface area contributed by atoms with Crippen LogP contribution in [0, 0.1) is 5.82 Å². The van der Waals surface area contributed by atoms with Gasteiger partial charge in [-0.3, -0.25) is 4.79 Å². The Hall–Kier alpha value is -2.66. The van der Waals surface area contributed by atoms with Gasteiger partial charge in [-0.25, -0.2) is 9.37 Å². The maximum Gasteiger partial charge on any atom is 0.309 e. The summed E-state index contributed by atoms with van der Waals surface area (Å²) in [5.41, 5.74) is 1.58. The highest BCUT2D eigenvalue weighted by Crippen LogP contribution is 2.28. The lowest BCUT2D eigenvalue weighted by Gasteiger charge is -2.12. The Labute approximate surface area is 143 Å². The number of imidazole rings is 1. The summed E-state index contributed by atoms with van der Waals surface area (Å²) < 4.78 is 15.8. The summed E-state index contributed by atoms with van der Waals surface area (Å²) in [6.07, 6.45) is -0.285. The van der Waals surface area contributed by atoms with Crippen molar-refractivity contribution in [2.24, 2.45) is 0 Å². The van der Waals surface area contributed by atoms with Crippen LogP contribution in [0.2, 0.25) is 5.15 Å². The number of benzene rings is 2. The maximum atomic E-state index is 14.2. The fraction of sp³-hybridized carbons (Fsp3) is 0.111. The molecule has 0 bridgehead atoms. The number of rotatable bonds is 5. The van der Waals surface area contributed by atoms with Gasteiger partial charge in [-0.2, -0.15) is 0 Å². The highest BCUT2D eigenvalue weighted by atomic mass is 35.5. The summed E-state index contributed by atoms with van der Waals surface area (Å²) in [6.45, 7) is 0.354. The lowest BCUT2D eigenvalue weighted by Crippen LogP contribution is -2.11. The molecule has 0 fully saturated rings. The van der Waals surface area contributed by atoms with Gasteiger partial charge >= 0.3 is 5.97 Å². The topological polar surface area (TPSA) is 55.1 Å². The van der Waals surface area contributed by atoms with E-state index in [1.54, 1.807) is 22.8 Å². The van der Waals surface area contributed by atoms with Crippen molar-refractivity contribution in [3.8, 4) is 11.4 Å². The van der Waals surface area contributed by atoms with Gasteiger partial charge in [0.1, 0.15) is 11.6 Å². The summed E-state index contributed by atoms with van der Waals surface area (Å²) in [4.78, 5) is 15.4. The van der Waals surface area contributed by atoms with Crippen LogP contribution in [0.1, 0.15) is 11.3 Å². The lowest BCUT2D eigenvalue weighted by molar-refractivity contribution is -0.136. The molecule has 0 saturated carbocycles. The van der Waals surface area contributed by atoms with Crippen molar-refractivity contribution < 1.29 is 14.3 Å². The van der Waals surface area contributed by atoms with Gasteiger partial charge in [0.15, 0.2) is 5.15 Å². The average Bonchev–Trinajstić information content (AvgIpc) is 2.85. The summed E-state index contributed by atoms with van der Waals surface area (Å²) in [7, 11) is 0. The van der Waals surface area contributed by atoms with E-state index in [2.05, 4.69) is 4.98 Å². The number of hydrogen-bond donors (Lipinski definition) is 1. The zero-order chi connectivity index (χ0) is 17.1. The number of halogens is 2. The molecule has 0 aliphatic rings. The van der Waals surface area contributed by atoms with Crippen LogP contribution in [0.25, 0.3) is 11.4 Å². The average molecular weight is 345 g/mol. The zero-order valence-electron chi connectivity index (χ0n) is 12.6. The second-order valence-electron chi connectivity index (χ2n) is 5.30. The summed E-state index contributed by atoms with van der Waals surface area (Å²) in [5.74, 6) is -1.14. The normalized spacial score (nSPS) is 10.8. The third-order valence-electron chi connectivity index (χ3n) is 3.64. The molecule has 3 rings (SSSR count). The van der Waals surface area contributed by atoms with Crippen LogP contribution in [0.5, 0.6) is 0 Å². The molecule has 0 unspecified atom stereocenters. The minimum atomic E-state index is -1.02. The third kappa shape index (κ3) is 3.31. The fourth-order valence-corrected chi connectivity index (χ4v) is 2.80. The molecule has 0 saturated heterocycles. The molecule has 24 heavy (non-hydrogen) atoms. The summed E-state index contributed by atoms with van der Waals surface area (Å²) >= 11 is 6.14. The van der Waals surface area contributed by atoms with Gasteiger partial charge in [-0.15, -0.1) is 0 Å². The Morgan fingerprint density at radius 3 is 2.46 bits per heavy atom. The molecule has 0 atom stereocenters. The third-order valence-corrected chi connectivity index (χ3v) is 3.94. The first-order valence-electron chi connectivity index (χ1n) is 7.32. The van der Waals surface area contributed by atoms with Gasteiger partial charge in [-0.1, -0.05) is 54.1 Å². The van der Waals surface area contributed by atoms with E-state index in [-0.39, 0.29) is 17.1 Å². The highest BCUT2D eigenvalue weighted by Gasteiger charge is 2.21. The SMILES string of the molecule is O=C(O)Cc1c(Cl)nc(-c2ccccc2F)n1Cc1ccccc1. The molecule has 122 valence electrons. The molecule has 0 aliphatic carbocycles. The highest BCUT2D eigenvalue weighted by molar-refractivity contribution is 6.30. The molecule has 1 heterocycles. The first kappa shape index (κ1) is 16.2. The Morgan fingerprint density at radius 2 is 1.79 bits per heavy atom. The minimum absolute atomic E-state index is 0.0755. The number of carboxylic acid groups (broad SMARTS) is 1. The monoisotopic (exact) mass is 344 g/mol. The van der Waals surface area contributed by atoms with Crippen molar-refractivity contribution in [3.63, 3.8) is 0 Å². The van der Waals surface area contributed by atoms with Crippen molar-refractivity contribution in [1.82, 2.24) is 9.55 Å². The van der Waals surface area contributed by atoms with Crippen LogP contribution in [-0.4, -0.2) is 20.6 Å². The molecule has 1 N–H and O–H groups in total. The number of hydrogen-bond acceptors (Lipinski definition) is 2. The van der Waals surface area contributed by atoms with E-state index >= 15 is 0 Å². The van der Waals surface area contributed by atoms with Crippen LogP contribution in [0.3, 0.4) is 0 Å². The van der Waals surface area contributed by atoms with Crippen LogP contribution in [-0.2, 0) is 17.8 Å². The zero-order valence-corrected chi connectivity index (χ0v) is 13.4. The van der Waals surface area contributed by atoms with Crippen LogP contribution < -0.4 is 0 Å². The van der Waals surface area contributed by atoms with E-state index in [0.717, 1.165) is 5.56 Å². The number of aromatic nitrogens is 2. The maximum absolute atomic E-state index is 14.2. The smallest absolute Gasteiger partial charge is 0.309 e. The molecule has 0 aliphatic heterocycles. The van der Waals surface area contributed by atoms with Crippen molar-refractivity contribution in [2.75, 3.05) is 0 Å². The molecular formula is C18H14ClFN2O2. The number of nitrogens with zero attached hydrogens (tertiary/aromatic N) is 2. The van der Waals surface area contributed by atoms with E-state index in [4.69, 9.17) is 16.7 Å². The van der Waals surface area contributed by atoms with Crippen molar-refractivity contribution in [3.05, 3.63) is 76.8 Å². The Balaban J connectivity index is 2.15. The lowest BCUT2D eigenvalue weighted by atomic mass is 10.1. The molecule has 2 aromatic carbocycles. The van der Waals surface area contributed by atoms with E-state index in [1.165, 1.54) is 6.07 Å². The first-order chi connectivity index (χ1) is 11.6. The number of carbonyl (C=O) groups is 1.